The van der Waals surface area contributed by atoms with Crippen LogP contribution >= 0.6 is 116 Å². The number of rotatable bonds is 29. The van der Waals surface area contributed by atoms with E-state index in [2.05, 4.69) is 16.0 Å². The fourth-order valence-electron chi connectivity index (χ4n) is 14.0. The van der Waals surface area contributed by atoms with Crippen molar-refractivity contribution in [2.75, 3.05) is 0 Å². The molecule has 0 fully saturated rings. The van der Waals surface area contributed by atoms with E-state index in [0.717, 1.165) is 62.0 Å². The number of aliphatic hydroxyl groups excluding tert-OH is 1. The number of nitrogens with zero attached hydrogens (tertiary/aromatic N) is 6. The van der Waals surface area contributed by atoms with Gasteiger partial charge in [0, 0.05) is 105 Å². The number of aromatic nitrogens is 6. The molecule has 1 atom stereocenters. The average molecular weight is 2120 g/mol. The highest BCUT2D eigenvalue weighted by Gasteiger charge is 2.26. The summed E-state index contributed by atoms with van der Waals surface area (Å²) >= 11 is 59.8. The quantitative estimate of drug-likeness (QED) is 0.0291. The number of amides is 3. The third-order valence-corrected chi connectivity index (χ3v) is 24.7. The molecule has 1 unspecified atom stereocenters. The lowest BCUT2D eigenvalue weighted by Gasteiger charge is -2.18. The van der Waals surface area contributed by atoms with Crippen LogP contribution in [0, 0.1) is 13.8 Å². The van der Waals surface area contributed by atoms with Gasteiger partial charge in [-0.3, -0.25) is 52.7 Å². The molecule has 730 valence electrons. The van der Waals surface area contributed by atoms with Gasteiger partial charge in [0.15, 0.2) is 45.4 Å². The Kier molecular flexibility index (Phi) is 38.4. The van der Waals surface area contributed by atoms with E-state index in [1.807, 2.05) is 134 Å². The van der Waals surface area contributed by atoms with Gasteiger partial charge in [-0.25, -0.2) is 0 Å². The molecule has 37 heteroatoms. The molecule has 0 radical (unpaired) electrons. The molecule has 7 aromatic heterocycles. The predicted octanol–water partition coefficient (Wildman–Crippen LogP) is 20.3. The second kappa shape index (κ2) is 51.0. The Balaban J connectivity index is 0.000000159. The number of pyridine rings is 4. The van der Waals surface area contributed by atoms with E-state index in [1.54, 1.807) is 126 Å². The van der Waals surface area contributed by atoms with Crippen molar-refractivity contribution in [3.8, 4) is 28.7 Å². The van der Waals surface area contributed by atoms with Crippen LogP contribution in [0.3, 0.4) is 0 Å². The molecule has 5 N–H and O–H groups in total. The largest absolute Gasteiger partial charge is 0.503 e. The first-order valence-corrected chi connectivity index (χ1v) is 47.0. The number of ketones is 1. The summed E-state index contributed by atoms with van der Waals surface area (Å²) in [6, 6.07) is 69.2. The Morgan fingerprint density at radius 1 is 0.359 bits per heavy atom. The number of halogens is 10. The van der Waals surface area contributed by atoms with Gasteiger partial charge in [0.2, 0.25) is 38.7 Å². The topological polar surface area (TPSA) is 343 Å². The monoisotopic (exact) mass is 2110 g/mol. The minimum atomic E-state index is -0.730. The molecule has 0 aliphatic carbocycles. The molecular weight excluding hydrogens is 2030 g/mol. The summed E-state index contributed by atoms with van der Waals surface area (Å²) in [4.78, 5) is 138. The summed E-state index contributed by atoms with van der Waals surface area (Å²) in [5.41, 5.74) is 5.88. The molecule has 3 amide bonds. The minimum absolute atomic E-state index is 0.0151. The SMILES string of the molecule is CC(=O)Cn1ccc(=O)c(OCc2ccccc2)c1C(=O)NCc1ccc(Cl)c(Cl)c1.CC(O)Cn1ccc(=O)c(OCc2ccccc2)c1C(=O)NCc1ccc(Cl)c(Cl)c1.Cc1cn2ccc(=O)c(O)c2c(=O)n1Cc1ccc(Cl)c(Cl)c1.Cc1cn2ccc(=O)c(OCc3ccccc3)c2c(=O)n1Cc1ccc(Cl)c(Cl)c1.O=C(NCc1ccc(Cl)c(Cl)c1)c1occc(=O)c1OCc1ccccc1. The first-order valence-electron chi connectivity index (χ1n) is 43.2. The zero-order valence-electron chi connectivity index (χ0n) is 75.9. The Labute approximate surface area is 861 Å². The van der Waals surface area contributed by atoms with Gasteiger partial charge in [0.05, 0.1) is 82.2 Å². The first-order chi connectivity index (χ1) is 68.0. The summed E-state index contributed by atoms with van der Waals surface area (Å²) in [7, 11) is 0. The van der Waals surface area contributed by atoms with Crippen LogP contribution in [0.15, 0.2) is 324 Å². The zero-order chi connectivity index (χ0) is 102. The average Bonchev–Trinajstić information content (AvgIpc) is 0.764. The van der Waals surface area contributed by atoms with Crippen molar-refractivity contribution in [1.82, 2.24) is 43.0 Å². The Hall–Kier alpha value is -13.9. The Morgan fingerprint density at radius 2 is 0.676 bits per heavy atom. The second-order valence-corrected chi connectivity index (χ2v) is 35.8. The molecule has 0 aliphatic heterocycles. The third-order valence-electron chi connectivity index (χ3n) is 21.0. The maximum atomic E-state index is 13.4. The first kappa shape index (κ1) is 107. The van der Waals surface area contributed by atoms with Crippen molar-refractivity contribution in [3.63, 3.8) is 0 Å². The molecule has 27 nitrogen and oxygen atoms in total. The second-order valence-electron chi connectivity index (χ2n) is 31.8. The normalized spacial score (nSPS) is 11.0. The number of nitrogens with one attached hydrogen (secondary N) is 3. The molecule has 16 rings (SSSR count). The van der Waals surface area contributed by atoms with Gasteiger partial charge in [-0.15, -0.1) is 0 Å². The summed E-state index contributed by atoms with van der Waals surface area (Å²) in [6.45, 7) is 8.27. The number of carbonyl (C=O) groups excluding carboxylic acids is 4. The van der Waals surface area contributed by atoms with Crippen molar-refractivity contribution in [2.24, 2.45) is 0 Å². The molecule has 0 aliphatic rings. The fourth-order valence-corrected chi connectivity index (χ4v) is 15.6. The van der Waals surface area contributed by atoms with Crippen LogP contribution in [-0.4, -0.2) is 66.9 Å². The highest BCUT2D eigenvalue weighted by Crippen LogP contribution is 2.30. The van der Waals surface area contributed by atoms with E-state index in [1.165, 1.54) is 73.9 Å². The minimum Gasteiger partial charge on any atom is -0.503 e. The molecule has 0 spiro atoms. The highest BCUT2D eigenvalue weighted by atomic mass is 35.5. The number of hydrogen-bond donors (Lipinski definition) is 5. The summed E-state index contributed by atoms with van der Waals surface area (Å²) in [5, 5.41) is 32.1. The van der Waals surface area contributed by atoms with Crippen LogP contribution in [0.5, 0.6) is 28.7 Å². The van der Waals surface area contributed by atoms with E-state index < -0.39 is 56.8 Å². The van der Waals surface area contributed by atoms with E-state index in [0.29, 0.717) is 62.5 Å². The molecule has 0 bridgehead atoms. The van der Waals surface area contributed by atoms with Crippen LogP contribution in [0.25, 0.3) is 11.0 Å². The fraction of sp³-hybridized carbons (Fsp3) is 0.152. The molecule has 142 heavy (non-hydrogen) atoms. The van der Waals surface area contributed by atoms with Crippen molar-refractivity contribution in [2.45, 2.75) is 106 Å². The Bertz CT molecular complexity index is 7760. The highest BCUT2D eigenvalue weighted by molar-refractivity contribution is 6.44. The van der Waals surface area contributed by atoms with Crippen molar-refractivity contribution >= 4 is 151 Å². The standard InChI is InChI=1S/C23H22Cl2N2O4.C23H20Cl2N2O4.C23H18Cl2N2O3.C20H15Cl2NO4.C16H12Cl2N2O3/c2*1-15(28)13-27-10-9-20(29)22(31-14-16-5-3-2-4-6-16)21(27)23(30)26-12-17-7-8-18(24)19(25)11-17;1-15-12-26-10-9-20(28)22(30-14-16-5-3-2-4-6-16)21(26)23(29)27(15)13-17-7-8-18(24)19(25)11-17;21-15-7-6-14(10-16(15)22)11-23-20(25)19-18(17(24)8-9-26-19)27-12-13-4-2-1-3-5-13;1-9-7-19-5-4-13(21)15(22)14(19)16(23)20(9)8-10-2-3-11(17)12(18)6-10/h2-11,15,28H,12-14H2,1H3,(H,26,30);2-11H,12-14H2,1H3,(H,26,30);2-12H,13-14H2,1H3;1-10H,11-12H2,(H,23,25);2-7,22H,8H2,1H3. The van der Waals surface area contributed by atoms with Crippen LogP contribution < -0.4 is 73.2 Å². The summed E-state index contributed by atoms with van der Waals surface area (Å²) in [5.74, 6) is -2.81. The number of aliphatic hydroxyl groups is 1. The molecule has 0 saturated heterocycles. The number of hydrogen-bond acceptors (Lipinski definition) is 18. The molecular formula is C105H87Cl10N9O18. The smallest absolute Gasteiger partial charge is 0.291 e. The predicted molar refractivity (Wildman–Crippen MR) is 553 cm³/mol. The van der Waals surface area contributed by atoms with Crippen molar-refractivity contribution in [1.29, 1.82) is 0 Å². The van der Waals surface area contributed by atoms with Gasteiger partial charge in [-0.1, -0.05) is 268 Å². The lowest BCUT2D eigenvalue weighted by Crippen LogP contribution is -2.31. The number of Topliss-reactive ketones (excluding diaryl/α,β-unsaturated/α-hetero) is 1. The van der Waals surface area contributed by atoms with Crippen LogP contribution in [0.4, 0.5) is 0 Å². The maximum absolute atomic E-state index is 13.4. The molecule has 16 aromatic rings. The van der Waals surface area contributed by atoms with Crippen molar-refractivity contribution in [3.05, 3.63) is 487 Å². The van der Waals surface area contributed by atoms with Gasteiger partial charge in [0.1, 0.15) is 32.2 Å². The molecule has 7 heterocycles. The number of ether oxygens (including phenoxy) is 4. The number of benzene rings is 9. The van der Waals surface area contributed by atoms with E-state index in [4.69, 9.17) is 139 Å². The summed E-state index contributed by atoms with van der Waals surface area (Å²) in [6.07, 6.45) is 9.81. The lowest BCUT2D eigenvalue weighted by atomic mass is 10.2. The van der Waals surface area contributed by atoms with Crippen molar-refractivity contribution < 1.29 is 52.8 Å². The van der Waals surface area contributed by atoms with Gasteiger partial charge >= 0.3 is 0 Å². The van der Waals surface area contributed by atoms with Gasteiger partial charge < -0.3 is 76.6 Å². The Morgan fingerprint density at radius 3 is 1.06 bits per heavy atom. The van der Waals surface area contributed by atoms with Gasteiger partial charge in [0.25, 0.3) is 28.8 Å². The van der Waals surface area contributed by atoms with E-state index >= 15 is 0 Å². The lowest BCUT2D eigenvalue weighted by molar-refractivity contribution is -0.117. The molecule has 9 aromatic carbocycles. The number of fused-ring (bicyclic) bond motifs is 2. The summed E-state index contributed by atoms with van der Waals surface area (Å²) < 4.78 is 37.2. The van der Waals surface area contributed by atoms with Gasteiger partial charge in [-0.2, -0.15) is 0 Å². The molecule has 0 saturated carbocycles. The van der Waals surface area contributed by atoms with E-state index in [9.17, 15) is 63.0 Å². The van der Waals surface area contributed by atoms with Crippen LogP contribution in [0.2, 0.25) is 50.2 Å². The third kappa shape index (κ3) is 29.2. The number of aryl methyl sites for hydroxylation is 2. The zero-order valence-corrected chi connectivity index (χ0v) is 83.4. The van der Waals surface area contributed by atoms with Crippen LogP contribution in [0.1, 0.15) is 107 Å². The van der Waals surface area contributed by atoms with Crippen LogP contribution in [-0.2, 0) is 77.0 Å². The number of aromatic hydroxyl groups is 1. The maximum Gasteiger partial charge on any atom is 0.291 e. The van der Waals surface area contributed by atoms with Gasteiger partial charge in [-0.05, 0) is 138 Å². The number of carbonyl (C=O) groups is 4. The van der Waals surface area contributed by atoms with E-state index in [-0.39, 0.29) is 134 Å².